The van der Waals surface area contributed by atoms with Crippen LogP contribution in [-0.2, 0) is 31.6 Å². The fraction of sp³-hybridized carbons (Fsp3) is 0.300. The highest BCUT2D eigenvalue weighted by Crippen LogP contribution is 2.44. The van der Waals surface area contributed by atoms with Crippen LogP contribution in [-0.4, -0.2) is 63.0 Å². The number of carbonyl (C=O) groups excluding carboxylic acids is 2. The fourth-order valence-electron chi connectivity index (χ4n) is 5.19. The van der Waals surface area contributed by atoms with E-state index in [1.807, 2.05) is 12.1 Å². The van der Waals surface area contributed by atoms with Crippen molar-refractivity contribution in [2.24, 2.45) is 0 Å². The number of rotatable bonds is 10. The molecule has 0 fully saturated rings. The van der Waals surface area contributed by atoms with Crippen LogP contribution in [0.3, 0.4) is 0 Å². The number of sulfonamides is 1. The van der Waals surface area contributed by atoms with Gasteiger partial charge in [0, 0.05) is 34.8 Å². The summed E-state index contributed by atoms with van der Waals surface area (Å²) in [5.74, 6) is -0.794. The summed E-state index contributed by atoms with van der Waals surface area (Å²) in [7, 11) is -4.43. The zero-order chi connectivity index (χ0) is 33.6. The normalized spacial score (nSPS) is 17.2. The van der Waals surface area contributed by atoms with Gasteiger partial charge in [0.15, 0.2) is 5.03 Å². The molecule has 242 valence electrons. The molecule has 46 heavy (non-hydrogen) atoms. The lowest BCUT2D eigenvalue weighted by atomic mass is 9.91. The Morgan fingerprint density at radius 3 is 2.37 bits per heavy atom. The number of nitrogens with two attached hydrogens (primary N) is 1. The van der Waals surface area contributed by atoms with E-state index in [0.717, 1.165) is 11.8 Å². The number of hydrogen-bond donors (Lipinski definition) is 4. The Hall–Kier alpha value is -4.08. The Kier molecular flexibility index (Phi) is 8.87. The number of aliphatic hydroxyl groups is 1. The first-order valence-electron chi connectivity index (χ1n) is 14.1. The number of nitrogens with one attached hydrogen (secondary N) is 2. The summed E-state index contributed by atoms with van der Waals surface area (Å²) in [4.78, 5) is 40.7. The van der Waals surface area contributed by atoms with E-state index in [-0.39, 0.29) is 34.0 Å². The summed E-state index contributed by atoms with van der Waals surface area (Å²) < 4.78 is 31.3. The van der Waals surface area contributed by atoms with Crippen molar-refractivity contribution in [3.05, 3.63) is 76.8 Å². The summed E-state index contributed by atoms with van der Waals surface area (Å²) in [6.45, 7) is 5.91. The average molecular weight is 688 g/mol. The number of nitrogen functional groups attached to an aromatic ring is 1. The quantitative estimate of drug-likeness (QED) is 0.194. The number of anilines is 3. The first-order valence-corrected chi connectivity index (χ1v) is 16.3. The lowest BCUT2D eigenvalue weighted by molar-refractivity contribution is -0.124. The third kappa shape index (κ3) is 6.57. The predicted molar refractivity (Wildman–Crippen MR) is 174 cm³/mol. The van der Waals surface area contributed by atoms with Crippen LogP contribution < -0.4 is 20.7 Å². The number of hydrogen-bond acceptors (Lipinski definition) is 9. The van der Waals surface area contributed by atoms with Crippen molar-refractivity contribution < 1.29 is 23.1 Å². The molecule has 0 spiro atoms. The maximum atomic E-state index is 14.3. The number of amides is 2. The second kappa shape index (κ2) is 12.3. The van der Waals surface area contributed by atoms with Crippen LogP contribution in [0.1, 0.15) is 33.3 Å². The van der Waals surface area contributed by atoms with Crippen molar-refractivity contribution in [1.82, 2.24) is 29.6 Å². The van der Waals surface area contributed by atoms with Gasteiger partial charge < -0.3 is 16.2 Å². The van der Waals surface area contributed by atoms with Gasteiger partial charge in [-0.1, -0.05) is 47.5 Å². The molecule has 0 aliphatic carbocycles. The first-order chi connectivity index (χ1) is 21.5. The van der Waals surface area contributed by atoms with Gasteiger partial charge in [-0.15, -0.1) is 0 Å². The third-order valence-corrected chi connectivity index (χ3v) is 9.36. The molecule has 5 rings (SSSR count). The number of halogens is 2. The fourth-order valence-corrected chi connectivity index (χ4v) is 7.11. The van der Waals surface area contributed by atoms with Gasteiger partial charge in [0.1, 0.15) is 17.7 Å². The van der Waals surface area contributed by atoms with E-state index in [0.29, 0.717) is 22.6 Å². The third-order valence-electron chi connectivity index (χ3n) is 7.43. The molecule has 2 aromatic heterocycles. The van der Waals surface area contributed by atoms with Crippen molar-refractivity contribution in [3.8, 4) is 11.1 Å². The van der Waals surface area contributed by atoms with E-state index >= 15 is 0 Å². The average Bonchev–Trinajstić information content (AvgIpc) is 3.49. The first kappa shape index (κ1) is 33.3. The SMILES string of the molecule is C[C@H](NS(=O)(=O)c1cnc2n1[C@](C)(Cc1ccc(-c3cncnc3N)cc1)C(=O)N2c1cc(Cl)cc(Cl)c1)C(=O)NCC(C)(C)O. The Labute approximate surface area is 275 Å². The molecular formula is C30H32Cl2N8O5S. The molecular weight excluding hydrogens is 655 g/mol. The van der Waals surface area contributed by atoms with Gasteiger partial charge >= 0.3 is 0 Å². The minimum Gasteiger partial charge on any atom is -0.389 e. The van der Waals surface area contributed by atoms with Gasteiger partial charge in [-0.3, -0.25) is 14.2 Å². The Morgan fingerprint density at radius 2 is 1.76 bits per heavy atom. The van der Waals surface area contributed by atoms with Crippen LogP contribution in [0, 0.1) is 0 Å². The number of carbonyl (C=O) groups is 2. The van der Waals surface area contributed by atoms with Crippen LogP contribution in [0.25, 0.3) is 11.1 Å². The van der Waals surface area contributed by atoms with Crippen molar-refractivity contribution in [2.45, 2.75) is 56.3 Å². The summed E-state index contributed by atoms with van der Waals surface area (Å²) in [6.07, 6.45) is 4.14. The van der Waals surface area contributed by atoms with E-state index in [1.165, 1.54) is 54.8 Å². The lowest BCUT2D eigenvalue weighted by Gasteiger charge is -2.27. The van der Waals surface area contributed by atoms with Crippen LogP contribution in [0.4, 0.5) is 17.5 Å². The molecule has 0 bridgehead atoms. The number of benzene rings is 2. The second-order valence-electron chi connectivity index (χ2n) is 11.8. The number of aromatic nitrogens is 4. The van der Waals surface area contributed by atoms with E-state index in [9.17, 15) is 23.1 Å². The van der Waals surface area contributed by atoms with Crippen molar-refractivity contribution in [1.29, 1.82) is 0 Å². The maximum absolute atomic E-state index is 14.3. The maximum Gasteiger partial charge on any atom is 0.260 e. The van der Waals surface area contributed by atoms with E-state index in [1.54, 1.807) is 25.3 Å². The Morgan fingerprint density at radius 1 is 1.11 bits per heavy atom. The van der Waals surface area contributed by atoms with Gasteiger partial charge in [0.25, 0.3) is 15.9 Å². The lowest BCUT2D eigenvalue weighted by Crippen LogP contribution is -2.49. The van der Waals surface area contributed by atoms with Crippen LogP contribution in [0.2, 0.25) is 10.0 Å². The van der Waals surface area contributed by atoms with Gasteiger partial charge in [0.05, 0.1) is 23.5 Å². The predicted octanol–water partition coefficient (Wildman–Crippen LogP) is 3.42. The molecule has 4 aromatic rings. The monoisotopic (exact) mass is 686 g/mol. The van der Waals surface area contributed by atoms with Gasteiger partial charge in [-0.05, 0) is 57.0 Å². The van der Waals surface area contributed by atoms with Gasteiger partial charge in [0.2, 0.25) is 11.9 Å². The van der Waals surface area contributed by atoms with Crippen LogP contribution in [0.5, 0.6) is 0 Å². The minimum atomic E-state index is -4.43. The summed E-state index contributed by atoms with van der Waals surface area (Å²) >= 11 is 12.5. The number of nitrogens with zero attached hydrogens (tertiary/aromatic N) is 5. The highest BCUT2D eigenvalue weighted by atomic mass is 35.5. The van der Waals surface area contributed by atoms with Crippen LogP contribution in [0.15, 0.2) is 66.2 Å². The van der Waals surface area contributed by atoms with Crippen molar-refractivity contribution >= 4 is 62.5 Å². The van der Waals surface area contributed by atoms with Gasteiger partial charge in [-0.25, -0.2) is 28.3 Å². The van der Waals surface area contributed by atoms with Crippen molar-refractivity contribution in [3.63, 3.8) is 0 Å². The molecule has 0 unspecified atom stereocenters. The van der Waals surface area contributed by atoms with Crippen LogP contribution >= 0.6 is 23.2 Å². The molecule has 1 aliphatic rings. The molecule has 0 saturated heterocycles. The smallest absolute Gasteiger partial charge is 0.260 e. The molecule has 3 heterocycles. The molecule has 0 saturated carbocycles. The molecule has 5 N–H and O–H groups in total. The Balaban J connectivity index is 1.55. The molecule has 2 amide bonds. The topological polar surface area (TPSA) is 185 Å². The summed E-state index contributed by atoms with van der Waals surface area (Å²) in [6, 6.07) is 10.6. The van der Waals surface area contributed by atoms with Gasteiger partial charge in [-0.2, -0.15) is 4.72 Å². The number of fused-ring (bicyclic) bond motifs is 1. The second-order valence-corrected chi connectivity index (χ2v) is 14.4. The molecule has 16 heteroatoms. The molecule has 2 atom stereocenters. The highest BCUT2D eigenvalue weighted by molar-refractivity contribution is 7.89. The minimum absolute atomic E-state index is 0.0242. The van der Waals surface area contributed by atoms with E-state index < -0.39 is 39.0 Å². The largest absolute Gasteiger partial charge is 0.389 e. The zero-order valence-corrected chi connectivity index (χ0v) is 27.7. The summed E-state index contributed by atoms with van der Waals surface area (Å²) in [5.41, 5.74) is 5.70. The molecule has 0 radical (unpaired) electrons. The van der Waals surface area contributed by atoms with E-state index in [2.05, 4.69) is 25.0 Å². The molecule has 1 aliphatic heterocycles. The highest BCUT2D eigenvalue weighted by Gasteiger charge is 2.52. The summed E-state index contributed by atoms with van der Waals surface area (Å²) in [5, 5.41) is 12.7. The van der Waals surface area contributed by atoms with E-state index in [4.69, 9.17) is 28.9 Å². The number of imidazole rings is 1. The zero-order valence-electron chi connectivity index (χ0n) is 25.3. The Bertz CT molecular complexity index is 1910. The van der Waals surface area contributed by atoms with Crippen molar-refractivity contribution in [2.75, 3.05) is 17.2 Å². The molecule has 2 aromatic carbocycles. The standard InChI is InChI=1S/C30H32Cl2N8O5S/c1-17(26(41)36-15-29(2,3)43)38-46(44,45)24-14-35-28-39(22-10-20(31)9-21(32)11-22)27(42)30(4,40(24)28)12-18-5-7-19(8-6-18)23-13-34-16-37-25(23)33/h5-11,13-14,16-17,38,43H,12,15H2,1-4H3,(H,36,41)(H2,33,34,37)/t17-,30+/m0/s1. The molecule has 13 nitrogen and oxygen atoms in total.